The Balaban J connectivity index is 1.93. The fourth-order valence-corrected chi connectivity index (χ4v) is 3.25. The van der Waals surface area contributed by atoms with Crippen molar-refractivity contribution in [3.63, 3.8) is 0 Å². The minimum absolute atomic E-state index is 0.0212. The SMILES string of the molecule is CCCC(=O)CCc1ccc(Cl)c(-c2nc(-c3ccc(C(F)(F)F)cc3)nc(=O)[nH]2)c1. The summed E-state index contributed by atoms with van der Waals surface area (Å²) in [5, 5.41) is 0.330. The van der Waals surface area contributed by atoms with E-state index in [4.69, 9.17) is 11.6 Å². The first-order chi connectivity index (χ1) is 14.7. The smallest absolute Gasteiger partial charge is 0.300 e. The van der Waals surface area contributed by atoms with E-state index in [0.29, 0.717) is 29.8 Å². The van der Waals surface area contributed by atoms with Crippen molar-refractivity contribution in [1.29, 1.82) is 0 Å². The van der Waals surface area contributed by atoms with E-state index >= 15 is 0 Å². The fourth-order valence-electron chi connectivity index (χ4n) is 3.05. The number of aryl methyl sites for hydroxylation is 1. The summed E-state index contributed by atoms with van der Waals surface area (Å²) in [6, 6.07) is 9.39. The van der Waals surface area contributed by atoms with Gasteiger partial charge in [0.25, 0.3) is 0 Å². The van der Waals surface area contributed by atoms with Crippen LogP contribution in [0.15, 0.2) is 47.3 Å². The van der Waals surface area contributed by atoms with Gasteiger partial charge >= 0.3 is 11.9 Å². The van der Waals surface area contributed by atoms with E-state index in [2.05, 4.69) is 15.0 Å². The van der Waals surface area contributed by atoms with E-state index in [1.54, 1.807) is 18.2 Å². The number of rotatable bonds is 7. The first-order valence-electron chi connectivity index (χ1n) is 9.64. The molecule has 1 aromatic heterocycles. The normalized spacial score (nSPS) is 11.5. The molecule has 0 saturated heterocycles. The molecule has 0 aliphatic rings. The number of carbonyl (C=O) groups is 1. The highest BCUT2D eigenvalue weighted by Crippen LogP contribution is 2.31. The molecule has 0 fully saturated rings. The van der Waals surface area contributed by atoms with Crippen LogP contribution in [-0.2, 0) is 17.4 Å². The number of carbonyl (C=O) groups excluding carboxylic acids is 1. The Labute approximate surface area is 181 Å². The van der Waals surface area contributed by atoms with E-state index in [1.165, 1.54) is 12.1 Å². The number of nitrogens with zero attached hydrogens (tertiary/aromatic N) is 2. The Hall–Kier alpha value is -3.00. The number of aromatic nitrogens is 3. The molecule has 2 aromatic carbocycles. The zero-order valence-electron chi connectivity index (χ0n) is 16.6. The van der Waals surface area contributed by atoms with Gasteiger partial charge in [0.2, 0.25) is 0 Å². The molecule has 162 valence electrons. The highest BCUT2D eigenvalue weighted by Gasteiger charge is 2.30. The number of halogens is 4. The lowest BCUT2D eigenvalue weighted by atomic mass is 10.0. The number of benzene rings is 2. The van der Waals surface area contributed by atoms with Crippen LogP contribution in [0.2, 0.25) is 5.02 Å². The number of ketones is 1. The zero-order chi connectivity index (χ0) is 22.6. The van der Waals surface area contributed by atoms with Crippen LogP contribution in [-0.4, -0.2) is 20.7 Å². The number of alkyl halides is 3. The van der Waals surface area contributed by atoms with Crippen molar-refractivity contribution in [1.82, 2.24) is 15.0 Å². The Morgan fingerprint density at radius 1 is 1.06 bits per heavy atom. The fraction of sp³-hybridized carbons (Fsp3) is 0.273. The molecule has 9 heteroatoms. The second-order valence-corrected chi connectivity index (χ2v) is 7.41. The molecule has 1 heterocycles. The number of hydrogen-bond acceptors (Lipinski definition) is 4. The second-order valence-electron chi connectivity index (χ2n) is 7.00. The van der Waals surface area contributed by atoms with Crippen molar-refractivity contribution in [2.45, 2.75) is 38.8 Å². The third-order valence-corrected chi connectivity index (χ3v) is 4.96. The highest BCUT2D eigenvalue weighted by atomic mass is 35.5. The van der Waals surface area contributed by atoms with Gasteiger partial charge in [-0.3, -0.25) is 9.78 Å². The van der Waals surface area contributed by atoms with Crippen LogP contribution in [0.5, 0.6) is 0 Å². The van der Waals surface area contributed by atoms with Gasteiger partial charge in [0.1, 0.15) is 11.6 Å². The Kier molecular flexibility index (Phi) is 6.90. The predicted molar refractivity (Wildman–Crippen MR) is 112 cm³/mol. The number of H-pyrrole nitrogens is 1. The molecule has 0 aliphatic heterocycles. The number of aromatic amines is 1. The predicted octanol–water partition coefficient (Wildman–Crippen LogP) is 5.47. The summed E-state index contributed by atoms with van der Waals surface area (Å²) in [5.74, 6) is 0.285. The summed E-state index contributed by atoms with van der Waals surface area (Å²) in [4.78, 5) is 34.5. The third-order valence-electron chi connectivity index (χ3n) is 4.63. The van der Waals surface area contributed by atoms with Crippen molar-refractivity contribution in [3.8, 4) is 22.8 Å². The monoisotopic (exact) mass is 449 g/mol. The molecule has 3 aromatic rings. The minimum atomic E-state index is -4.47. The molecule has 31 heavy (non-hydrogen) atoms. The quantitative estimate of drug-likeness (QED) is 0.518. The lowest BCUT2D eigenvalue weighted by Gasteiger charge is -2.09. The maximum atomic E-state index is 12.8. The summed E-state index contributed by atoms with van der Waals surface area (Å²) in [7, 11) is 0. The van der Waals surface area contributed by atoms with Gasteiger partial charge in [-0.2, -0.15) is 18.2 Å². The molecule has 0 radical (unpaired) electrons. The molecular formula is C22H19ClF3N3O2. The van der Waals surface area contributed by atoms with Gasteiger partial charge < -0.3 is 0 Å². The summed E-state index contributed by atoms with van der Waals surface area (Å²) < 4.78 is 38.4. The number of Topliss-reactive ketones (excluding diaryl/α,β-unsaturated/α-hetero) is 1. The maximum Gasteiger partial charge on any atom is 0.416 e. The van der Waals surface area contributed by atoms with Crippen LogP contribution in [0.25, 0.3) is 22.8 Å². The molecule has 0 amide bonds. The van der Waals surface area contributed by atoms with Gasteiger partial charge in [0.15, 0.2) is 5.82 Å². The molecule has 1 N–H and O–H groups in total. The van der Waals surface area contributed by atoms with E-state index in [1.807, 2.05) is 6.92 Å². The zero-order valence-corrected chi connectivity index (χ0v) is 17.3. The summed E-state index contributed by atoms with van der Waals surface area (Å²) >= 11 is 6.29. The average Bonchev–Trinajstić information content (AvgIpc) is 2.72. The average molecular weight is 450 g/mol. The molecule has 0 spiro atoms. The first kappa shape index (κ1) is 22.7. The lowest BCUT2D eigenvalue weighted by molar-refractivity contribution is -0.137. The largest absolute Gasteiger partial charge is 0.416 e. The van der Waals surface area contributed by atoms with E-state index in [0.717, 1.165) is 24.1 Å². The van der Waals surface area contributed by atoms with Crippen LogP contribution in [0.1, 0.15) is 37.3 Å². The lowest BCUT2D eigenvalue weighted by Crippen LogP contribution is -2.14. The Morgan fingerprint density at radius 2 is 1.77 bits per heavy atom. The van der Waals surface area contributed by atoms with Gasteiger partial charge in [-0.05, 0) is 42.7 Å². The van der Waals surface area contributed by atoms with Gasteiger partial charge in [0.05, 0.1) is 10.6 Å². The standard InChI is InChI=1S/C22H19ClF3N3O2/c1-2-3-16(30)10-4-13-5-11-18(23)17(12-13)20-27-19(28-21(31)29-20)14-6-8-15(9-7-14)22(24,25)26/h5-9,11-12H,2-4,10H2,1H3,(H,27,28,29,31). The van der Waals surface area contributed by atoms with Gasteiger partial charge in [0, 0.05) is 24.0 Å². The molecule has 0 aliphatic carbocycles. The van der Waals surface area contributed by atoms with Crippen LogP contribution in [0.4, 0.5) is 13.2 Å². The molecule has 0 atom stereocenters. The minimum Gasteiger partial charge on any atom is -0.300 e. The molecular weight excluding hydrogens is 431 g/mol. The van der Waals surface area contributed by atoms with Crippen LogP contribution < -0.4 is 5.69 Å². The molecule has 0 saturated carbocycles. The third kappa shape index (κ3) is 5.79. The van der Waals surface area contributed by atoms with E-state index in [9.17, 15) is 22.8 Å². The molecule has 3 rings (SSSR count). The van der Waals surface area contributed by atoms with Crippen LogP contribution >= 0.6 is 11.6 Å². The van der Waals surface area contributed by atoms with Crippen molar-refractivity contribution < 1.29 is 18.0 Å². The highest BCUT2D eigenvalue weighted by molar-refractivity contribution is 6.33. The van der Waals surface area contributed by atoms with Crippen molar-refractivity contribution in [2.75, 3.05) is 0 Å². The molecule has 0 bridgehead atoms. The van der Waals surface area contributed by atoms with E-state index in [-0.39, 0.29) is 23.0 Å². The Bertz CT molecular complexity index is 1140. The van der Waals surface area contributed by atoms with E-state index < -0.39 is 17.4 Å². The number of hydrogen-bond donors (Lipinski definition) is 1. The topological polar surface area (TPSA) is 75.7 Å². The maximum absolute atomic E-state index is 12.8. The van der Waals surface area contributed by atoms with Gasteiger partial charge in [-0.1, -0.05) is 36.7 Å². The van der Waals surface area contributed by atoms with Crippen LogP contribution in [0.3, 0.4) is 0 Å². The van der Waals surface area contributed by atoms with Gasteiger partial charge in [-0.15, -0.1) is 0 Å². The van der Waals surface area contributed by atoms with Crippen molar-refractivity contribution in [3.05, 3.63) is 69.1 Å². The Morgan fingerprint density at radius 3 is 2.42 bits per heavy atom. The summed E-state index contributed by atoms with van der Waals surface area (Å²) in [6.07, 6.45) is -2.24. The van der Waals surface area contributed by atoms with Crippen molar-refractivity contribution in [2.24, 2.45) is 0 Å². The second kappa shape index (κ2) is 9.43. The number of nitrogens with one attached hydrogen (secondary N) is 1. The molecule has 0 unspecified atom stereocenters. The summed E-state index contributed by atoms with van der Waals surface area (Å²) in [6.45, 7) is 1.94. The van der Waals surface area contributed by atoms with Crippen LogP contribution in [0, 0.1) is 0 Å². The molecule has 5 nitrogen and oxygen atoms in total. The van der Waals surface area contributed by atoms with Crippen molar-refractivity contribution >= 4 is 17.4 Å². The summed E-state index contributed by atoms with van der Waals surface area (Å²) in [5.41, 5.74) is 0.0288. The van der Waals surface area contributed by atoms with Gasteiger partial charge in [-0.25, -0.2) is 9.78 Å². The first-order valence-corrected chi connectivity index (χ1v) is 10.0.